The lowest BCUT2D eigenvalue weighted by Gasteiger charge is -2.17. The fourth-order valence-corrected chi connectivity index (χ4v) is 6.13. The van der Waals surface area contributed by atoms with E-state index in [1.165, 1.54) is 23.1 Å². The van der Waals surface area contributed by atoms with Gasteiger partial charge >= 0.3 is 0 Å². The topological polar surface area (TPSA) is 80.3 Å². The molecule has 9 heteroatoms. The van der Waals surface area contributed by atoms with Crippen LogP contribution in [0.4, 0.5) is 10.8 Å². The van der Waals surface area contributed by atoms with E-state index in [0.717, 1.165) is 33.0 Å². The van der Waals surface area contributed by atoms with Gasteiger partial charge in [-0.1, -0.05) is 60.1 Å². The van der Waals surface area contributed by atoms with Crippen molar-refractivity contribution in [1.29, 1.82) is 0 Å². The molecule has 5 rings (SSSR count). The molecule has 0 aliphatic carbocycles. The first-order valence-corrected chi connectivity index (χ1v) is 15.5. The zero-order valence-electron chi connectivity index (χ0n) is 22.8. The molecule has 0 aliphatic heterocycles. The Hall–Kier alpha value is -4.11. The number of nitrogens with zero attached hydrogens (tertiary/aromatic N) is 1. The maximum absolute atomic E-state index is 13.6. The second kappa shape index (κ2) is 14.2. The Balaban J connectivity index is 1.28. The van der Waals surface area contributed by atoms with Crippen LogP contribution >= 0.6 is 34.7 Å². The first-order chi connectivity index (χ1) is 20.5. The molecule has 0 saturated heterocycles. The monoisotopic (exact) mass is 613 g/mol. The Bertz CT molecular complexity index is 1640. The van der Waals surface area contributed by atoms with E-state index >= 15 is 0 Å². The number of aromatic nitrogens is 1. The number of rotatable bonds is 11. The second-order valence-corrected chi connectivity index (χ2v) is 11.7. The van der Waals surface area contributed by atoms with Gasteiger partial charge < -0.3 is 15.4 Å². The van der Waals surface area contributed by atoms with Crippen LogP contribution in [0.5, 0.6) is 5.75 Å². The number of thiazole rings is 1. The van der Waals surface area contributed by atoms with E-state index in [1.807, 2.05) is 103 Å². The third kappa shape index (κ3) is 8.00. The molecule has 1 unspecified atom stereocenters. The van der Waals surface area contributed by atoms with E-state index in [0.29, 0.717) is 22.4 Å². The highest BCUT2D eigenvalue weighted by Crippen LogP contribution is 2.38. The summed E-state index contributed by atoms with van der Waals surface area (Å²) < 4.78 is 5.52. The number of benzene rings is 4. The van der Waals surface area contributed by atoms with Gasteiger partial charge in [-0.2, -0.15) is 0 Å². The number of amides is 2. The summed E-state index contributed by atoms with van der Waals surface area (Å²) in [6.07, 6.45) is 0.232. The fourth-order valence-electron chi connectivity index (χ4n) is 4.20. The summed E-state index contributed by atoms with van der Waals surface area (Å²) in [5, 5.41) is 8.49. The quantitative estimate of drug-likeness (QED) is 0.146. The molecule has 0 fully saturated rings. The normalized spacial score (nSPS) is 11.5. The molecule has 1 heterocycles. The van der Waals surface area contributed by atoms with Crippen LogP contribution in [0, 0.1) is 0 Å². The number of hydrogen-bond acceptors (Lipinski definition) is 6. The van der Waals surface area contributed by atoms with Crippen molar-refractivity contribution in [3.05, 3.63) is 125 Å². The maximum Gasteiger partial charge on any atom is 0.244 e. The number of hydrogen-bond donors (Lipinski definition) is 2. The molecule has 2 amide bonds. The number of thioether (sulfide) groups is 1. The van der Waals surface area contributed by atoms with E-state index < -0.39 is 5.25 Å². The predicted octanol–water partition coefficient (Wildman–Crippen LogP) is 8.52. The molecule has 4 aromatic carbocycles. The van der Waals surface area contributed by atoms with E-state index in [9.17, 15) is 9.59 Å². The van der Waals surface area contributed by atoms with Gasteiger partial charge in [0.25, 0.3) is 0 Å². The fraction of sp³-hybridized carbons (Fsp3) is 0.121. The lowest BCUT2D eigenvalue weighted by atomic mass is 10.1. The molecule has 0 spiro atoms. The van der Waals surface area contributed by atoms with E-state index in [4.69, 9.17) is 16.3 Å². The Morgan fingerprint density at radius 3 is 2.43 bits per heavy atom. The third-order valence-electron chi connectivity index (χ3n) is 6.19. The minimum absolute atomic E-state index is 0.135. The number of ether oxygens (including phenoxy) is 1. The van der Waals surface area contributed by atoms with Crippen LogP contribution in [0.25, 0.3) is 11.3 Å². The number of carbonyl (C=O) groups is 2. The Labute approximate surface area is 258 Å². The van der Waals surface area contributed by atoms with E-state index in [-0.39, 0.29) is 18.2 Å². The van der Waals surface area contributed by atoms with Gasteiger partial charge in [0.1, 0.15) is 11.0 Å². The molecule has 5 aromatic rings. The number of nitrogens with one attached hydrogen (secondary N) is 2. The standard InChI is InChI=1S/C33H28ClN3O3S2/c1-2-40-27-17-13-23(14-18-27)29-21-41-33(36-29)37-32(39)31(24-7-4-3-5-8-24)42-28-10-6-9-26(20-28)35-30(38)19-22-11-15-25(34)16-12-22/h3-18,20-21,31H,2,19H2,1H3,(H,35,38)(H,36,37,39). The van der Waals surface area contributed by atoms with Crippen molar-refractivity contribution in [2.75, 3.05) is 17.2 Å². The number of anilines is 2. The van der Waals surface area contributed by atoms with Gasteiger partial charge in [-0.05, 0) is 72.6 Å². The van der Waals surface area contributed by atoms with Gasteiger partial charge in [0.05, 0.1) is 18.7 Å². The minimum Gasteiger partial charge on any atom is -0.494 e. The zero-order valence-corrected chi connectivity index (χ0v) is 25.1. The molecule has 1 aromatic heterocycles. The molecule has 6 nitrogen and oxygen atoms in total. The Morgan fingerprint density at radius 1 is 0.929 bits per heavy atom. The Kier molecular flexibility index (Phi) is 9.92. The molecule has 0 aliphatic rings. The SMILES string of the molecule is CCOc1ccc(-c2csc(NC(=O)C(Sc3cccc(NC(=O)Cc4ccc(Cl)cc4)c3)c3ccccc3)n2)cc1. The minimum atomic E-state index is -0.538. The van der Waals surface area contributed by atoms with E-state index in [2.05, 4.69) is 15.6 Å². The summed E-state index contributed by atoms with van der Waals surface area (Å²) in [7, 11) is 0. The van der Waals surface area contributed by atoms with Crippen LogP contribution in [-0.4, -0.2) is 23.4 Å². The van der Waals surface area contributed by atoms with Gasteiger partial charge in [0.15, 0.2) is 5.13 Å². The molecule has 0 saturated carbocycles. The second-order valence-electron chi connectivity index (χ2n) is 9.27. The third-order valence-corrected chi connectivity index (χ3v) is 8.44. The van der Waals surface area contributed by atoms with Crippen LogP contribution in [0.2, 0.25) is 5.02 Å². The molecule has 212 valence electrons. The average molecular weight is 614 g/mol. The molecule has 0 bridgehead atoms. The van der Waals surface area contributed by atoms with E-state index in [1.54, 1.807) is 12.1 Å². The summed E-state index contributed by atoms with van der Waals surface area (Å²) in [5.41, 5.74) is 4.12. The molecule has 0 radical (unpaired) electrons. The van der Waals surface area contributed by atoms with Crippen LogP contribution in [-0.2, 0) is 16.0 Å². The molecular formula is C33H28ClN3O3S2. The lowest BCUT2D eigenvalue weighted by molar-refractivity contribution is -0.116. The first kappa shape index (κ1) is 29.4. The van der Waals surface area contributed by atoms with Gasteiger partial charge in [-0.15, -0.1) is 23.1 Å². The lowest BCUT2D eigenvalue weighted by Crippen LogP contribution is -2.19. The van der Waals surface area contributed by atoms with Crippen molar-refractivity contribution in [3.8, 4) is 17.0 Å². The summed E-state index contributed by atoms with van der Waals surface area (Å²) in [4.78, 5) is 31.8. The van der Waals surface area contributed by atoms with Crippen molar-refractivity contribution < 1.29 is 14.3 Å². The van der Waals surface area contributed by atoms with Crippen molar-refractivity contribution >= 4 is 57.3 Å². The number of halogens is 1. The van der Waals surface area contributed by atoms with Crippen molar-refractivity contribution in [2.45, 2.75) is 23.5 Å². The van der Waals surface area contributed by atoms with Crippen LogP contribution in [0.1, 0.15) is 23.3 Å². The van der Waals surface area contributed by atoms with Crippen LogP contribution in [0.15, 0.2) is 113 Å². The maximum atomic E-state index is 13.6. The zero-order chi connectivity index (χ0) is 29.3. The molecule has 1 atom stereocenters. The summed E-state index contributed by atoms with van der Waals surface area (Å²) >= 11 is 8.74. The molecular weight excluding hydrogens is 586 g/mol. The summed E-state index contributed by atoms with van der Waals surface area (Å²) in [5.74, 6) is 0.484. The van der Waals surface area contributed by atoms with Gasteiger partial charge in [0, 0.05) is 26.5 Å². The van der Waals surface area contributed by atoms with Crippen molar-refractivity contribution in [2.24, 2.45) is 0 Å². The highest BCUT2D eigenvalue weighted by molar-refractivity contribution is 8.00. The summed E-state index contributed by atoms with van der Waals surface area (Å²) in [6, 6.07) is 32.0. The van der Waals surface area contributed by atoms with Gasteiger partial charge in [-0.25, -0.2) is 4.98 Å². The summed E-state index contributed by atoms with van der Waals surface area (Å²) in [6.45, 7) is 2.55. The predicted molar refractivity (Wildman–Crippen MR) is 173 cm³/mol. The van der Waals surface area contributed by atoms with Crippen LogP contribution < -0.4 is 15.4 Å². The molecule has 42 heavy (non-hydrogen) atoms. The first-order valence-electron chi connectivity index (χ1n) is 13.3. The van der Waals surface area contributed by atoms with Crippen molar-refractivity contribution in [3.63, 3.8) is 0 Å². The Morgan fingerprint density at radius 2 is 1.69 bits per heavy atom. The average Bonchev–Trinajstić information content (AvgIpc) is 3.46. The van der Waals surface area contributed by atoms with Gasteiger partial charge in [-0.3, -0.25) is 9.59 Å². The van der Waals surface area contributed by atoms with Gasteiger partial charge in [0.2, 0.25) is 11.8 Å². The molecule has 2 N–H and O–H groups in total. The van der Waals surface area contributed by atoms with Crippen LogP contribution in [0.3, 0.4) is 0 Å². The van der Waals surface area contributed by atoms with Crippen molar-refractivity contribution in [1.82, 2.24) is 4.98 Å². The smallest absolute Gasteiger partial charge is 0.244 e. The largest absolute Gasteiger partial charge is 0.494 e. The number of carbonyl (C=O) groups excluding carboxylic acids is 2. The highest BCUT2D eigenvalue weighted by Gasteiger charge is 2.23. The highest BCUT2D eigenvalue weighted by atomic mass is 35.5.